The molecule has 0 spiro atoms. The van der Waals surface area contributed by atoms with E-state index in [4.69, 9.17) is 10.5 Å². The van der Waals surface area contributed by atoms with E-state index < -0.39 is 0 Å². The number of ether oxygens (including phenoxy) is 1. The first kappa shape index (κ1) is 13.7. The topological polar surface area (TPSA) is 64.3 Å². The van der Waals surface area contributed by atoms with Gasteiger partial charge in [-0.25, -0.2) is 9.97 Å². The van der Waals surface area contributed by atoms with Crippen LogP contribution >= 0.6 is 0 Å². The summed E-state index contributed by atoms with van der Waals surface area (Å²) in [6.45, 7) is 4.31. The van der Waals surface area contributed by atoms with Crippen LogP contribution < -0.4 is 15.4 Å². The fourth-order valence-electron chi connectivity index (χ4n) is 1.55. The summed E-state index contributed by atoms with van der Waals surface area (Å²) in [5.74, 6) is 1.53. The molecular weight excluding hydrogens is 216 g/mol. The highest BCUT2D eigenvalue weighted by Gasteiger charge is 2.04. The number of hydrogen-bond donors (Lipinski definition) is 1. The standard InChI is InChI=1S/C12H22N4O/c1-3-17-12-9-11(14-10-15-12)16(2)8-6-4-5-7-13/h9-10H,3-8,13H2,1-2H3. The van der Waals surface area contributed by atoms with Crippen LogP contribution in [0.25, 0.3) is 0 Å². The van der Waals surface area contributed by atoms with E-state index in [9.17, 15) is 0 Å². The van der Waals surface area contributed by atoms with E-state index in [2.05, 4.69) is 14.9 Å². The van der Waals surface area contributed by atoms with Crippen LogP contribution in [0.5, 0.6) is 5.88 Å². The smallest absolute Gasteiger partial charge is 0.218 e. The second-order valence-electron chi connectivity index (χ2n) is 3.92. The highest BCUT2D eigenvalue weighted by molar-refractivity contribution is 5.39. The third-order valence-electron chi connectivity index (χ3n) is 2.51. The van der Waals surface area contributed by atoms with Gasteiger partial charge in [-0.05, 0) is 26.3 Å². The summed E-state index contributed by atoms with van der Waals surface area (Å²) in [6, 6.07) is 1.87. The van der Waals surface area contributed by atoms with Crippen molar-refractivity contribution in [2.45, 2.75) is 26.2 Å². The molecule has 0 saturated carbocycles. The molecule has 1 aromatic rings. The van der Waals surface area contributed by atoms with Crippen molar-refractivity contribution in [1.29, 1.82) is 0 Å². The van der Waals surface area contributed by atoms with E-state index in [0.29, 0.717) is 12.5 Å². The van der Waals surface area contributed by atoms with Crippen molar-refractivity contribution in [3.8, 4) is 5.88 Å². The minimum Gasteiger partial charge on any atom is -0.478 e. The van der Waals surface area contributed by atoms with Gasteiger partial charge in [-0.1, -0.05) is 6.42 Å². The van der Waals surface area contributed by atoms with Crippen molar-refractivity contribution in [3.05, 3.63) is 12.4 Å². The number of anilines is 1. The van der Waals surface area contributed by atoms with E-state index in [1.165, 1.54) is 6.33 Å². The molecule has 0 fully saturated rings. The first-order chi connectivity index (χ1) is 8.27. The molecule has 0 saturated heterocycles. The predicted octanol–water partition coefficient (Wildman–Crippen LogP) is 1.44. The Morgan fingerprint density at radius 3 is 2.82 bits per heavy atom. The Morgan fingerprint density at radius 2 is 2.12 bits per heavy atom. The molecule has 0 unspecified atom stereocenters. The molecule has 1 heterocycles. The van der Waals surface area contributed by atoms with Gasteiger partial charge in [0, 0.05) is 19.7 Å². The summed E-state index contributed by atoms with van der Waals surface area (Å²) >= 11 is 0. The summed E-state index contributed by atoms with van der Waals surface area (Å²) in [4.78, 5) is 10.4. The van der Waals surface area contributed by atoms with Crippen molar-refractivity contribution in [1.82, 2.24) is 9.97 Å². The summed E-state index contributed by atoms with van der Waals surface area (Å²) in [5.41, 5.74) is 5.46. The summed E-state index contributed by atoms with van der Waals surface area (Å²) in [6.07, 6.45) is 4.91. The molecule has 0 aliphatic carbocycles. The molecule has 0 bridgehead atoms. The monoisotopic (exact) mass is 238 g/mol. The zero-order chi connectivity index (χ0) is 12.5. The van der Waals surface area contributed by atoms with Gasteiger partial charge in [-0.15, -0.1) is 0 Å². The molecule has 0 aliphatic heterocycles. The molecule has 0 amide bonds. The summed E-state index contributed by atoms with van der Waals surface area (Å²) in [7, 11) is 2.03. The van der Waals surface area contributed by atoms with Crippen LogP contribution in [0.15, 0.2) is 12.4 Å². The van der Waals surface area contributed by atoms with E-state index in [0.717, 1.165) is 38.2 Å². The first-order valence-electron chi connectivity index (χ1n) is 6.14. The van der Waals surface area contributed by atoms with Crippen LogP contribution in [-0.4, -0.2) is 36.7 Å². The van der Waals surface area contributed by atoms with Gasteiger partial charge >= 0.3 is 0 Å². The van der Waals surface area contributed by atoms with Crippen molar-refractivity contribution in [3.63, 3.8) is 0 Å². The average molecular weight is 238 g/mol. The number of aromatic nitrogens is 2. The van der Waals surface area contributed by atoms with E-state index in [1.54, 1.807) is 0 Å². The lowest BCUT2D eigenvalue weighted by molar-refractivity contribution is 0.326. The van der Waals surface area contributed by atoms with Gasteiger partial charge in [0.15, 0.2) is 0 Å². The van der Waals surface area contributed by atoms with Gasteiger partial charge in [0.25, 0.3) is 0 Å². The molecule has 96 valence electrons. The van der Waals surface area contributed by atoms with E-state index in [1.807, 2.05) is 20.0 Å². The Morgan fingerprint density at radius 1 is 1.29 bits per heavy atom. The Balaban J connectivity index is 2.44. The zero-order valence-corrected chi connectivity index (χ0v) is 10.7. The molecular formula is C12H22N4O. The Hall–Kier alpha value is -1.36. The molecule has 5 heteroatoms. The molecule has 0 radical (unpaired) electrons. The normalized spacial score (nSPS) is 10.3. The second-order valence-corrected chi connectivity index (χ2v) is 3.92. The van der Waals surface area contributed by atoms with Crippen LogP contribution in [0, 0.1) is 0 Å². The highest BCUT2D eigenvalue weighted by atomic mass is 16.5. The Labute approximate surface area is 103 Å². The molecule has 1 aromatic heterocycles. The lowest BCUT2D eigenvalue weighted by Crippen LogP contribution is -2.20. The largest absolute Gasteiger partial charge is 0.478 e. The number of hydrogen-bond acceptors (Lipinski definition) is 5. The number of unbranched alkanes of at least 4 members (excludes halogenated alkanes) is 2. The molecule has 0 aromatic carbocycles. The maximum Gasteiger partial charge on any atom is 0.218 e. The van der Waals surface area contributed by atoms with Gasteiger partial charge in [0.05, 0.1) is 6.61 Å². The van der Waals surface area contributed by atoms with Gasteiger partial charge in [-0.2, -0.15) is 0 Å². The van der Waals surface area contributed by atoms with Crippen LogP contribution in [0.4, 0.5) is 5.82 Å². The Kier molecular flexibility index (Phi) is 6.32. The minimum absolute atomic E-state index is 0.622. The fraction of sp³-hybridized carbons (Fsp3) is 0.667. The van der Waals surface area contributed by atoms with Crippen LogP contribution in [-0.2, 0) is 0 Å². The van der Waals surface area contributed by atoms with Crippen LogP contribution in [0.1, 0.15) is 26.2 Å². The third-order valence-corrected chi connectivity index (χ3v) is 2.51. The van der Waals surface area contributed by atoms with Gasteiger partial charge in [-0.3, -0.25) is 0 Å². The van der Waals surface area contributed by atoms with Crippen molar-refractivity contribution in [2.24, 2.45) is 5.73 Å². The lowest BCUT2D eigenvalue weighted by atomic mass is 10.2. The van der Waals surface area contributed by atoms with Gasteiger partial charge in [0.1, 0.15) is 12.1 Å². The number of nitrogens with two attached hydrogens (primary N) is 1. The van der Waals surface area contributed by atoms with Crippen LogP contribution in [0.3, 0.4) is 0 Å². The molecule has 2 N–H and O–H groups in total. The lowest BCUT2D eigenvalue weighted by Gasteiger charge is -2.18. The second kappa shape index (κ2) is 7.84. The quantitative estimate of drug-likeness (QED) is 0.694. The SMILES string of the molecule is CCOc1cc(N(C)CCCCCN)ncn1. The van der Waals surface area contributed by atoms with Crippen molar-refractivity contribution in [2.75, 3.05) is 31.6 Å². The molecule has 0 atom stereocenters. The fourth-order valence-corrected chi connectivity index (χ4v) is 1.55. The van der Waals surface area contributed by atoms with Crippen molar-refractivity contribution < 1.29 is 4.74 Å². The Bertz CT molecular complexity index is 319. The van der Waals surface area contributed by atoms with E-state index >= 15 is 0 Å². The number of rotatable bonds is 8. The van der Waals surface area contributed by atoms with Gasteiger partial charge < -0.3 is 15.4 Å². The summed E-state index contributed by atoms with van der Waals surface area (Å²) in [5, 5.41) is 0. The first-order valence-corrected chi connectivity index (χ1v) is 6.14. The third kappa shape index (κ3) is 4.99. The summed E-state index contributed by atoms with van der Waals surface area (Å²) < 4.78 is 5.35. The average Bonchev–Trinajstić information content (AvgIpc) is 2.35. The minimum atomic E-state index is 0.622. The molecule has 17 heavy (non-hydrogen) atoms. The highest BCUT2D eigenvalue weighted by Crippen LogP contribution is 2.14. The predicted molar refractivity (Wildman–Crippen MR) is 69.4 cm³/mol. The molecule has 1 rings (SSSR count). The number of nitrogens with zero attached hydrogens (tertiary/aromatic N) is 3. The van der Waals surface area contributed by atoms with E-state index in [-0.39, 0.29) is 0 Å². The maximum atomic E-state index is 5.46. The van der Waals surface area contributed by atoms with Crippen LogP contribution in [0.2, 0.25) is 0 Å². The van der Waals surface area contributed by atoms with Crippen molar-refractivity contribution >= 4 is 5.82 Å². The molecule has 5 nitrogen and oxygen atoms in total. The van der Waals surface area contributed by atoms with Gasteiger partial charge in [0.2, 0.25) is 5.88 Å². The zero-order valence-electron chi connectivity index (χ0n) is 10.7. The molecule has 0 aliphatic rings. The maximum absolute atomic E-state index is 5.46.